The van der Waals surface area contributed by atoms with Crippen LogP contribution in [0.2, 0.25) is 0 Å². The molecule has 8 atom stereocenters. The molecule has 0 heterocycles. The van der Waals surface area contributed by atoms with Gasteiger partial charge in [-0.2, -0.15) is 0 Å². The summed E-state index contributed by atoms with van der Waals surface area (Å²) in [6.07, 6.45) is 33.6. The smallest absolute Gasteiger partial charge is 0.306 e. The monoisotopic (exact) mass is 595 g/mol. The number of carbonyl (C=O) groups excluding carboxylic acids is 1. The van der Waals surface area contributed by atoms with Gasteiger partial charge in [0, 0.05) is 12.8 Å². The van der Waals surface area contributed by atoms with E-state index in [1.54, 1.807) is 5.57 Å². The van der Waals surface area contributed by atoms with Gasteiger partial charge in [0.15, 0.2) is 0 Å². The summed E-state index contributed by atoms with van der Waals surface area (Å²) in [5.74, 6) is 5.32. The number of hydrogen-bond acceptors (Lipinski definition) is 2. The van der Waals surface area contributed by atoms with Crippen LogP contribution in [0.25, 0.3) is 0 Å². The van der Waals surface area contributed by atoms with Crippen LogP contribution in [-0.2, 0) is 9.53 Å². The Morgan fingerprint density at radius 1 is 0.884 bits per heavy atom. The molecule has 0 N–H and O–H groups in total. The first-order valence-electron chi connectivity index (χ1n) is 19.2. The van der Waals surface area contributed by atoms with Gasteiger partial charge in [-0.25, -0.2) is 0 Å². The van der Waals surface area contributed by atoms with Gasteiger partial charge in [0.2, 0.25) is 0 Å². The fraction of sp³-hybridized carbons (Fsp3) is 0.878. The van der Waals surface area contributed by atoms with Crippen LogP contribution < -0.4 is 0 Å². The van der Waals surface area contributed by atoms with Crippen molar-refractivity contribution in [3.05, 3.63) is 23.8 Å². The number of allylic oxidation sites excluding steroid dienone is 3. The number of rotatable bonds is 17. The van der Waals surface area contributed by atoms with E-state index in [4.69, 9.17) is 4.74 Å². The van der Waals surface area contributed by atoms with E-state index in [0.717, 1.165) is 61.2 Å². The largest absolute Gasteiger partial charge is 0.462 e. The van der Waals surface area contributed by atoms with E-state index in [2.05, 4.69) is 59.8 Å². The van der Waals surface area contributed by atoms with Gasteiger partial charge in [-0.3, -0.25) is 4.79 Å². The second-order valence-electron chi connectivity index (χ2n) is 16.6. The van der Waals surface area contributed by atoms with E-state index in [1.165, 1.54) is 103 Å². The lowest BCUT2D eigenvalue weighted by Gasteiger charge is -2.58. The first-order valence-corrected chi connectivity index (χ1v) is 19.2. The Hall–Kier alpha value is -1.05. The molecule has 0 aliphatic heterocycles. The summed E-state index contributed by atoms with van der Waals surface area (Å²) in [4.78, 5) is 12.7. The molecule has 0 spiro atoms. The minimum atomic E-state index is 0.0506. The van der Waals surface area contributed by atoms with Crippen LogP contribution in [0, 0.1) is 46.3 Å². The molecular formula is C41H70O2. The number of esters is 1. The quantitative estimate of drug-likeness (QED) is 0.0951. The van der Waals surface area contributed by atoms with Gasteiger partial charge < -0.3 is 4.74 Å². The Bertz CT molecular complexity index is 915. The minimum absolute atomic E-state index is 0.0506. The molecular weight excluding hydrogens is 524 g/mol. The molecule has 0 aromatic carbocycles. The van der Waals surface area contributed by atoms with Crippen molar-refractivity contribution in [1.82, 2.24) is 0 Å². The average Bonchev–Trinajstić information content (AvgIpc) is 3.33. The molecule has 0 unspecified atom stereocenters. The molecule has 2 heteroatoms. The van der Waals surface area contributed by atoms with Gasteiger partial charge in [0.25, 0.3) is 0 Å². The van der Waals surface area contributed by atoms with Crippen LogP contribution in [0.3, 0.4) is 0 Å². The fourth-order valence-electron chi connectivity index (χ4n) is 10.6. The number of ether oxygens (including phenoxy) is 1. The molecule has 0 radical (unpaired) electrons. The van der Waals surface area contributed by atoms with E-state index in [1.807, 2.05) is 0 Å². The number of carbonyl (C=O) groups is 1. The van der Waals surface area contributed by atoms with Gasteiger partial charge in [-0.05, 0) is 117 Å². The predicted molar refractivity (Wildman–Crippen MR) is 184 cm³/mol. The third-order valence-electron chi connectivity index (χ3n) is 13.2. The Morgan fingerprint density at radius 3 is 2.40 bits per heavy atom. The van der Waals surface area contributed by atoms with Crippen LogP contribution in [0.15, 0.2) is 23.8 Å². The van der Waals surface area contributed by atoms with Gasteiger partial charge in [0.05, 0.1) is 0 Å². The summed E-state index contributed by atoms with van der Waals surface area (Å²) in [7, 11) is 0. The fourth-order valence-corrected chi connectivity index (χ4v) is 10.6. The van der Waals surface area contributed by atoms with Crippen molar-refractivity contribution in [2.45, 2.75) is 182 Å². The van der Waals surface area contributed by atoms with Crippen LogP contribution in [0.5, 0.6) is 0 Å². The lowest BCUT2D eigenvalue weighted by Crippen LogP contribution is -2.51. The normalized spacial score (nSPS) is 34.5. The zero-order valence-electron chi connectivity index (χ0n) is 29.4. The molecule has 3 saturated carbocycles. The molecule has 246 valence electrons. The van der Waals surface area contributed by atoms with Crippen LogP contribution in [-0.4, -0.2) is 12.1 Å². The molecule has 0 aromatic heterocycles. The molecule has 0 bridgehead atoms. The summed E-state index contributed by atoms with van der Waals surface area (Å²) in [5.41, 5.74) is 2.53. The first kappa shape index (κ1) is 34.8. The molecule has 43 heavy (non-hydrogen) atoms. The zero-order chi connectivity index (χ0) is 30.9. The van der Waals surface area contributed by atoms with Gasteiger partial charge >= 0.3 is 5.97 Å². The summed E-state index contributed by atoms with van der Waals surface area (Å²) in [6.45, 7) is 14.9. The van der Waals surface area contributed by atoms with Crippen molar-refractivity contribution in [1.29, 1.82) is 0 Å². The Kier molecular flexibility index (Phi) is 13.4. The molecule has 2 nitrogen and oxygen atoms in total. The zero-order valence-corrected chi connectivity index (χ0v) is 29.4. The lowest BCUT2D eigenvalue weighted by atomic mass is 9.47. The van der Waals surface area contributed by atoms with Crippen molar-refractivity contribution in [3.8, 4) is 0 Å². The molecule has 4 rings (SSSR count). The molecule has 4 aliphatic carbocycles. The second-order valence-corrected chi connectivity index (χ2v) is 16.6. The van der Waals surface area contributed by atoms with Crippen molar-refractivity contribution >= 4 is 5.97 Å². The second kappa shape index (κ2) is 16.5. The van der Waals surface area contributed by atoms with Crippen molar-refractivity contribution in [3.63, 3.8) is 0 Å². The van der Waals surface area contributed by atoms with Crippen LogP contribution in [0.1, 0.15) is 176 Å². The van der Waals surface area contributed by atoms with Crippen molar-refractivity contribution in [2.75, 3.05) is 0 Å². The molecule has 0 aromatic rings. The van der Waals surface area contributed by atoms with Crippen LogP contribution in [0.4, 0.5) is 0 Å². The van der Waals surface area contributed by atoms with E-state index in [0.29, 0.717) is 17.3 Å². The summed E-state index contributed by atoms with van der Waals surface area (Å²) in [6, 6.07) is 0. The topological polar surface area (TPSA) is 26.3 Å². The highest BCUT2D eigenvalue weighted by molar-refractivity contribution is 5.69. The summed E-state index contributed by atoms with van der Waals surface area (Å²) < 4.78 is 6.10. The van der Waals surface area contributed by atoms with Crippen molar-refractivity contribution in [2.24, 2.45) is 46.3 Å². The SMILES string of the molecule is CCCC/C=C\CCCCCCCC(=O)O[C@H]1CC[C@@]2(C)C(=CC[C@H]3[C@@H]4CC[C@H]([C@H](C)CCCC(C)C)[C@@]4(C)CC[C@@H]32)C1. The Balaban J connectivity index is 1.20. The Labute approximate surface area is 267 Å². The standard InChI is InChI=1S/C41H70O2/c1-7-8-9-10-11-12-13-14-15-16-17-21-39(42)43-34-26-28-40(5)33(30-34)22-23-35-37-25-24-36(32(4)20-18-19-31(2)3)41(37,6)29-27-38(35)40/h10-11,22,31-32,34-38H,7-9,12-21,23-30H2,1-6H3/b11-10-/t32-,34+,35+,36-,37+,38+,40+,41-/m1/s1. The lowest BCUT2D eigenvalue weighted by molar-refractivity contribution is -0.151. The van der Waals surface area contributed by atoms with Crippen LogP contribution >= 0.6 is 0 Å². The molecule has 0 saturated heterocycles. The van der Waals surface area contributed by atoms with E-state index in [9.17, 15) is 4.79 Å². The minimum Gasteiger partial charge on any atom is -0.462 e. The maximum Gasteiger partial charge on any atom is 0.306 e. The van der Waals surface area contributed by atoms with Gasteiger partial charge in [-0.1, -0.05) is 117 Å². The maximum atomic E-state index is 12.7. The molecule has 4 aliphatic rings. The molecule has 3 fully saturated rings. The average molecular weight is 595 g/mol. The Morgan fingerprint density at radius 2 is 1.63 bits per heavy atom. The third kappa shape index (κ3) is 8.82. The number of unbranched alkanes of at least 4 members (excludes halogenated alkanes) is 7. The van der Waals surface area contributed by atoms with E-state index < -0.39 is 0 Å². The first-order chi connectivity index (χ1) is 20.7. The summed E-state index contributed by atoms with van der Waals surface area (Å²) in [5, 5.41) is 0. The van der Waals surface area contributed by atoms with Gasteiger partial charge in [0.1, 0.15) is 6.10 Å². The molecule has 0 amide bonds. The van der Waals surface area contributed by atoms with E-state index >= 15 is 0 Å². The van der Waals surface area contributed by atoms with E-state index in [-0.39, 0.29) is 12.1 Å². The van der Waals surface area contributed by atoms with Gasteiger partial charge in [-0.15, -0.1) is 0 Å². The summed E-state index contributed by atoms with van der Waals surface area (Å²) >= 11 is 0. The highest BCUT2D eigenvalue weighted by Crippen LogP contribution is 2.67. The number of hydrogen-bond donors (Lipinski definition) is 0. The van der Waals surface area contributed by atoms with Crippen molar-refractivity contribution < 1.29 is 9.53 Å². The highest BCUT2D eigenvalue weighted by atomic mass is 16.5. The maximum absolute atomic E-state index is 12.7. The highest BCUT2D eigenvalue weighted by Gasteiger charge is 2.59. The predicted octanol–water partition coefficient (Wildman–Crippen LogP) is 12.4. The third-order valence-corrected chi connectivity index (χ3v) is 13.2. The number of fused-ring (bicyclic) bond motifs is 5.